The van der Waals surface area contributed by atoms with Gasteiger partial charge in [-0.1, -0.05) is 6.07 Å². The topological polar surface area (TPSA) is 41.6 Å². The monoisotopic (exact) mass is 288 g/mol. The van der Waals surface area contributed by atoms with Gasteiger partial charge in [-0.15, -0.1) is 0 Å². The quantitative estimate of drug-likeness (QED) is 0.929. The molecular formula is C17H24N2O2. The molecule has 0 saturated carbocycles. The molecule has 2 unspecified atom stereocenters. The van der Waals surface area contributed by atoms with Crippen LogP contribution in [-0.4, -0.2) is 31.6 Å². The molecule has 0 aliphatic carbocycles. The molecule has 1 aromatic carbocycles. The van der Waals surface area contributed by atoms with Crippen molar-refractivity contribution in [2.24, 2.45) is 5.92 Å². The van der Waals surface area contributed by atoms with Gasteiger partial charge in [0.2, 0.25) is 5.91 Å². The standard InChI is InChI=1S/C17H24N2O2/c1-12-3-5-15-16(9-12)21-13(2)11-19(15)17(20)6-4-14-7-8-18-10-14/h3,5,9,13-14,18H,4,6-8,10-11H2,1-2H3. The Labute approximate surface area is 126 Å². The summed E-state index contributed by atoms with van der Waals surface area (Å²) >= 11 is 0. The summed E-state index contributed by atoms with van der Waals surface area (Å²) in [5, 5.41) is 3.36. The number of fused-ring (bicyclic) bond motifs is 1. The van der Waals surface area contributed by atoms with Gasteiger partial charge in [0.15, 0.2) is 0 Å². The summed E-state index contributed by atoms with van der Waals surface area (Å²) in [4.78, 5) is 14.5. The van der Waals surface area contributed by atoms with Gasteiger partial charge in [0.1, 0.15) is 11.9 Å². The zero-order valence-corrected chi connectivity index (χ0v) is 12.9. The van der Waals surface area contributed by atoms with Crippen molar-refractivity contribution < 1.29 is 9.53 Å². The van der Waals surface area contributed by atoms with Gasteiger partial charge in [0, 0.05) is 6.42 Å². The van der Waals surface area contributed by atoms with Gasteiger partial charge in [-0.3, -0.25) is 4.79 Å². The maximum Gasteiger partial charge on any atom is 0.227 e. The molecule has 1 fully saturated rings. The van der Waals surface area contributed by atoms with E-state index in [1.54, 1.807) is 0 Å². The number of nitrogens with zero attached hydrogens (tertiary/aromatic N) is 1. The predicted molar refractivity (Wildman–Crippen MR) is 83.8 cm³/mol. The highest BCUT2D eigenvalue weighted by atomic mass is 16.5. The number of carbonyl (C=O) groups excluding carboxylic acids is 1. The molecule has 2 aliphatic rings. The third-order valence-corrected chi connectivity index (χ3v) is 4.40. The van der Waals surface area contributed by atoms with Crippen LogP contribution in [0.5, 0.6) is 5.75 Å². The number of rotatable bonds is 3. The average Bonchev–Trinajstić information content (AvgIpc) is 2.96. The Balaban J connectivity index is 1.70. The van der Waals surface area contributed by atoms with Gasteiger partial charge in [-0.05, 0) is 63.4 Å². The second-order valence-electron chi connectivity index (χ2n) is 6.30. The lowest BCUT2D eigenvalue weighted by Crippen LogP contribution is -2.42. The predicted octanol–water partition coefficient (Wildman–Crippen LogP) is 2.50. The average molecular weight is 288 g/mol. The van der Waals surface area contributed by atoms with Crippen LogP contribution in [0, 0.1) is 12.8 Å². The molecule has 1 saturated heterocycles. The SMILES string of the molecule is Cc1ccc2c(c1)OC(C)CN2C(=O)CCC1CCNC1. The molecule has 4 heteroatoms. The zero-order chi connectivity index (χ0) is 14.8. The molecule has 3 rings (SSSR count). The van der Waals surface area contributed by atoms with Crippen LogP contribution >= 0.6 is 0 Å². The maximum absolute atomic E-state index is 12.6. The van der Waals surface area contributed by atoms with Crippen LogP contribution in [0.25, 0.3) is 0 Å². The summed E-state index contributed by atoms with van der Waals surface area (Å²) in [6.07, 6.45) is 2.87. The van der Waals surface area contributed by atoms with E-state index in [-0.39, 0.29) is 12.0 Å². The second-order valence-corrected chi connectivity index (χ2v) is 6.30. The van der Waals surface area contributed by atoms with Crippen molar-refractivity contribution in [3.8, 4) is 5.75 Å². The van der Waals surface area contributed by atoms with E-state index in [1.807, 2.05) is 36.9 Å². The third kappa shape index (κ3) is 3.21. The van der Waals surface area contributed by atoms with Crippen LogP contribution < -0.4 is 15.0 Å². The van der Waals surface area contributed by atoms with E-state index in [2.05, 4.69) is 5.32 Å². The Morgan fingerprint density at radius 1 is 1.48 bits per heavy atom. The van der Waals surface area contributed by atoms with E-state index in [4.69, 9.17) is 4.74 Å². The van der Waals surface area contributed by atoms with Gasteiger partial charge >= 0.3 is 0 Å². The minimum atomic E-state index is 0.0522. The molecular weight excluding hydrogens is 264 g/mol. The number of aryl methyl sites for hydroxylation is 1. The van der Waals surface area contributed by atoms with E-state index in [9.17, 15) is 4.79 Å². The highest BCUT2D eigenvalue weighted by molar-refractivity contribution is 5.95. The molecule has 1 amide bonds. The van der Waals surface area contributed by atoms with Gasteiger partial charge in [0.05, 0.1) is 12.2 Å². The number of ether oxygens (including phenoxy) is 1. The fourth-order valence-electron chi connectivity index (χ4n) is 3.21. The van der Waals surface area contributed by atoms with E-state index < -0.39 is 0 Å². The van der Waals surface area contributed by atoms with Crippen LogP contribution in [0.2, 0.25) is 0 Å². The Morgan fingerprint density at radius 3 is 3.10 bits per heavy atom. The first-order valence-corrected chi connectivity index (χ1v) is 7.92. The van der Waals surface area contributed by atoms with E-state index in [1.165, 1.54) is 6.42 Å². The van der Waals surface area contributed by atoms with Gasteiger partial charge in [0.25, 0.3) is 0 Å². The number of benzene rings is 1. The molecule has 0 spiro atoms. The summed E-state index contributed by atoms with van der Waals surface area (Å²) in [5.74, 6) is 1.72. The molecule has 2 atom stereocenters. The van der Waals surface area contributed by atoms with Crippen molar-refractivity contribution in [1.82, 2.24) is 5.32 Å². The lowest BCUT2D eigenvalue weighted by molar-refractivity contribution is -0.119. The minimum Gasteiger partial charge on any atom is -0.487 e. The Kier molecular flexibility index (Phi) is 4.15. The van der Waals surface area contributed by atoms with Crippen molar-refractivity contribution in [2.75, 3.05) is 24.5 Å². The lowest BCUT2D eigenvalue weighted by atomic mass is 10.0. The van der Waals surface area contributed by atoms with Gasteiger partial charge in [-0.25, -0.2) is 0 Å². The molecule has 114 valence electrons. The van der Waals surface area contributed by atoms with E-state index in [0.29, 0.717) is 18.9 Å². The second kappa shape index (κ2) is 6.06. The number of carbonyl (C=O) groups is 1. The van der Waals surface area contributed by atoms with E-state index in [0.717, 1.165) is 36.5 Å². The first-order chi connectivity index (χ1) is 10.1. The lowest BCUT2D eigenvalue weighted by Gasteiger charge is -2.34. The van der Waals surface area contributed by atoms with Gasteiger partial charge < -0.3 is 15.0 Å². The number of amides is 1. The molecule has 0 aromatic heterocycles. The van der Waals surface area contributed by atoms with Crippen molar-refractivity contribution in [3.05, 3.63) is 23.8 Å². The molecule has 4 nitrogen and oxygen atoms in total. The maximum atomic E-state index is 12.6. The number of hydrogen-bond donors (Lipinski definition) is 1. The highest BCUT2D eigenvalue weighted by Gasteiger charge is 2.28. The van der Waals surface area contributed by atoms with Crippen LogP contribution in [0.1, 0.15) is 31.7 Å². The molecule has 0 radical (unpaired) electrons. The molecule has 1 aromatic rings. The Morgan fingerprint density at radius 2 is 2.33 bits per heavy atom. The highest BCUT2D eigenvalue weighted by Crippen LogP contribution is 2.34. The van der Waals surface area contributed by atoms with Crippen LogP contribution in [0.15, 0.2) is 18.2 Å². The first-order valence-electron chi connectivity index (χ1n) is 7.92. The normalized spacial score (nSPS) is 24.6. The Bertz CT molecular complexity index is 524. The molecule has 21 heavy (non-hydrogen) atoms. The fourth-order valence-corrected chi connectivity index (χ4v) is 3.21. The summed E-state index contributed by atoms with van der Waals surface area (Å²) in [5.41, 5.74) is 2.08. The fraction of sp³-hybridized carbons (Fsp3) is 0.588. The van der Waals surface area contributed by atoms with Crippen LogP contribution in [0.3, 0.4) is 0 Å². The molecule has 2 heterocycles. The number of nitrogens with one attached hydrogen (secondary N) is 1. The zero-order valence-electron chi connectivity index (χ0n) is 12.9. The van der Waals surface area contributed by atoms with Crippen molar-refractivity contribution in [1.29, 1.82) is 0 Å². The van der Waals surface area contributed by atoms with Gasteiger partial charge in [-0.2, -0.15) is 0 Å². The summed E-state index contributed by atoms with van der Waals surface area (Å²) in [6.45, 7) is 6.87. The first kappa shape index (κ1) is 14.4. The number of anilines is 1. The van der Waals surface area contributed by atoms with Crippen LogP contribution in [0.4, 0.5) is 5.69 Å². The van der Waals surface area contributed by atoms with Crippen LogP contribution in [-0.2, 0) is 4.79 Å². The van der Waals surface area contributed by atoms with Crippen molar-refractivity contribution in [2.45, 2.75) is 39.2 Å². The summed E-state index contributed by atoms with van der Waals surface area (Å²) in [6, 6.07) is 6.07. The molecule has 0 bridgehead atoms. The summed E-state index contributed by atoms with van der Waals surface area (Å²) in [7, 11) is 0. The molecule has 1 N–H and O–H groups in total. The minimum absolute atomic E-state index is 0.0522. The largest absolute Gasteiger partial charge is 0.487 e. The van der Waals surface area contributed by atoms with Crippen molar-refractivity contribution in [3.63, 3.8) is 0 Å². The van der Waals surface area contributed by atoms with E-state index >= 15 is 0 Å². The third-order valence-electron chi connectivity index (χ3n) is 4.40. The number of hydrogen-bond acceptors (Lipinski definition) is 3. The summed E-state index contributed by atoms with van der Waals surface area (Å²) < 4.78 is 5.87. The van der Waals surface area contributed by atoms with Crippen molar-refractivity contribution >= 4 is 11.6 Å². The smallest absolute Gasteiger partial charge is 0.227 e. The molecule has 2 aliphatic heterocycles. The Hall–Kier alpha value is -1.55.